The Morgan fingerprint density at radius 2 is 1.51 bits per heavy atom. The van der Waals surface area contributed by atoms with Crippen LogP contribution in [0.3, 0.4) is 0 Å². The normalized spacial score (nSPS) is 13.5. The maximum atomic E-state index is 5.05. The van der Waals surface area contributed by atoms with Crippen molar-refractivity contribution in [1.29, 1.82) is 0 Å². The minimum Gasteiger partial charge on any atom is -0.289 e. The summed E-state index contributed by atoms with van der Waals surface area (Å²) in [6.45, 7) is 0. The van der Waals surface area contributed by atoms with Gasteiger partial charge in [0.2, 0.25) is 0 Å². The zero-order valence-corrected chi connectivity index (χ0v) is 18.8. The highest BCUT2D eigenvalue weighted by molar-refractivity contribution is 6.15. The molecule has 0 saturated carbocycles. The number of benzene rings is 3. The van der Waals surface area contributed by atoms with Crippen molar-refractivity contribution in [3.05, 3.63) is 108 Å². The van der Waals surface area contributed by atoms with Crippen LogP contribution in [0.1, 0.15) is 22.3 Å². The second kappa shape index (κ2) is 6.10. The number of aromatic nitrogens is 4. The summed E-state index contributed by atoms with van der Waals surface area (Å²) in [4.78, 5) is 13.9. The van der Waals surface area contributed by atoms with Crippen molar-refractivity contribution in [3.63, 3.8) is 0 Å². The van der Waals surface area contributed by atoms with Gasteiger partial charge in [-0.05, 0) is 87.0 Å². The third-order valence-electron chi connectivity index (χ3n) is 8.00. The molecule has 0 aliphatic heterocycles. The molecule has 0 fully saturated rings. The molecule has 0 atom stereocenters. The summed E-state index contributed by atoms with van der Waals surface area (Å²) in [6.07, 6.45) is 9.53. The molecule has 0 amide bonds. The van der Waals surface area contributed by atoms with Crippen LogP contribution in [0.2, 0.25) is 0 Å². The Morgan fingerprint density at radius 1 is 0.629 bits per heavy atom. The van der Waals surface area contributed by atoms with Gasteiger partial charge < -0.3 is 0 Å². The first-order chi connectivity index (χ1) is 17.3. The number of rotatable bonds is 0. The van der Waals surface area contributed by atoms with Crippen LogP contribution in [0.4, 0.5) is 0 Å². The second-order valence-electron chi connectivity index (χ2n) is 9.72. The van der Waals surface area contributed by atoms with E-state index in [0.717, 1.165) is 35.0 Å². The van der Waals surface area contributed by atoms with Gasteiger partial charge in [-0.3, -0.25) is 14.4 Å². The molecule has 0 N–H and O–H groups in total. The van der Waals surface area contributed by atoms with E-state index >= 15 is 0 Å². The molecule has 4 aromatic heterocycles. The van der Waals surface area contributed by atoms with Gasteiger partial charge in [0, 0.05) is 23.2 Å². The summed E-state index contributed by atoms with van der Waals surface area (Å²) in [5.41, 5.74) is 15.3. The zero-order chi connectivity index (χ0) is 22.7. The van der Waals surface area contributed by atoms with Crippen LogP contribution >= 0.6 is 0 Å². The van der Waals surface area contributed by atoms with Crippen molar-refractivity contribution in [3.8, 4) is 22.3 Å². The highest BCUT2D eigenvalue weighted by Crippen LogP contribution is 2.49. The largest absolute Gasteiger partial charge is 0.289 e. The second-order valence-corrected chi connectivity index (χ2v) is 9.72. The molecule has 2 aliphatic carbocycles. The van der Waals surface area contributed by atoms with Gasteiger partial charge in [0.25, 0.3) is 0 Å². The molecule has 0 radical (unpaired) electrons. The zero-order valence-electron chi connectivity index (χ0n) is 18.8. The van der Waals surface area contributed by atoms with Crippen LogP contribution in [-0.2, 0) is 12.8 Å². The average Bonchev–Trinajstić information content (AvgIpc) is 3.58. The molecule has 0 bridgehead atoms. The number of hydrogen-bond donors (Lipinski definition) is 0. The van der Waals surface area contributed by atoms with Crippen molar-refractivity contribution in [2.45, 2.75) is 12.8 Å². The lowest BCUT2D eigenvalue weighted by molar-refractivity contribution is 1.23. The molecule has 0 unspecified atom stereocenters. The fraction of sp³-hybridized carbons (Fsp3) is 0.0645. The van der Waals surface area contributed by atoms with Gasteiger partial charge in [-0.25, -0.2) is 4.98 Å². The lowest BCUT2D eigenvalue weighted by Crippen LogP contribution is -1.93. The van der Waals surface area contributed by atoms with Crippen LogP contribution in [-0.4, -0.2) is 19.4 Å². The predicted molar refractivity (Wildman–Crippen MR) is 140 cm³/mol. The Bertz CT molecular complexity index is 2070. The molecular weight excluding hydrogens is 428 g/mol. The monoisotopic (exact) mass is 446 g/mol. The van der Waals surface area contributed by atoms with E-state index in [1.807, 2.05) is 30.9 Å². The lowest BCUT2D eigenvalue weighted by atomic mass is 9.95. The molecule has 0 spiro atoms. The van der Waals surface area contributed by atoms with E-state index in [1.54, 1.807) is 0 Å². The summed E-state index contributed by atoms with van der Waals surface area (Å²) in [5, 5.41) is 3.60. The van der Waals surface area contributed by atoms with Gasteiger partial charge in [0.05, 0.1) is 28.9 Å². The van der Waals surface area contributed by atoms with Crippen molar-refractivity contribution >= 4 is 38.4 Å². The first kappa shape index (κ1) is 17.8. The maximum absolute atomic E-state index is 5.05. The maximum Gasteiger partial charge on any atom is 0.146 e. The first-order valence-electron chi connectivity index (χ1n) is 12.0. The minimum absolute atomic E-state index is 0.955. The Balaban J connectivity index is 1.40. The molecule has 4 heteroatoms. The molecule has 4 nitrogen and oxygen atoms in total. The molecule has 4 heterocycles. The van der Waals surface area contributed by atoms with E-state index in [9.17, 15) is 0 Å². The molecule has 162 valence electrons. The van der Waals surface area contributed by atoms with Crippen LogP contribution in [0, 0.1) is 0 Å². The standard InChI is InChI=1S/C31H18N4/c1-2-4-20-17(3-1)11-18-5-6-21-23-14-24-22-7-9-32-15-28(22)35-29-16-33-10-8-27(29)34-31(35)26(24)13-19(23)12-25(21)30(18)20/h1-10,13-16H,11-12H2. The molecular formula is C31H18N4. The number of pyridine rings is 3. The quantitative estimate of drug-likeness (QED) is 0.243. The number of fused-ring (bicyclic) bond motifs is 15. The van der Waals surface area contributed by atoms with Crippen molar-refractivity contribution in [1.82, 2.24) is 19.4 Å². The van der Waals surface area contributed by atoms with Gasteiger partial charge in [-0.15, -0.1) is 0 Å². The van der Waals surface area contributed by atoms with Crippen LogP contribution < -0.4 is 0 Å². The summed E-state index contributed by atoms with van der Waals surface area (Å²) in [7, 11) is 0. The minimum atomic E-state index is 0.955. The van der Waals surface area contributed by atoms with E-state index in [0.29, 0.717) is 0 Å². The van der Waals surface area contributed by atoms with Gasteiger partial charge in [0.1, 0.15) is 5.65 Å². The lowest BCUT2D eigenvalue weighted by Gasteiger charge is -2.11. The molecule has 35 heavy (non-hydrogen) atoms. The predicted octanol–water partition coefficient (Wildman–Crippen LogP) is 6.73. The van der Waals surface area contributed by atoms with Gasteiger partial charge >= 0.3 is 0 Å². The summed E-state index contributed by atoms with van der Waals surface area (Å²) >= 11 is 0. The highest BCUT2D eigenvalue weighted by Gasteiger charge is 2.29. The highest BCUT2D eigenvalue weighted by atomic mass is 15.0. The fourth-order valence-corrected chi connectivity index (χ4v) is 6.52. The van der Waals surface area contributed by atoms with E-state index in [-0.39, 0.29) is 0 Å². The summed E-state index contributed by atoms with van der Waals surface area (Å²) in [5.74, 6) is 0. The summed E-state index contributed by atoms with van der Waals surface area (Å²) in [6, 6.07) is 22.4. The van der Waals surface area contributed by atoms with Gasteiger partial charge in [-0.2, -0.15) is 0 Å². The van der Waals surface area contributed by atoms with Crippen molar-refractivity contribution in [2.75, 3.05) is 0 Å². The molecule has 3 aromatic carbocycles. The third-order valence-corrected chi connectivity index (χ3v) is 8.00. The van der Waals surface area contributed by atoms with Crippen LogP contribution in [0.25, 0.3) is 60.6 Å². The molecule has 0 saturated heterocycles. The van der Waals surface area contributed by atoms with Crippen LogP contribution in [0.5, 0.6) is 0 Å². The van der Waals surface area contributed by atoms with Crippen molar-refractivity contribution < 1.29 is 0 Å². The fourth-order valence-electron chi connectivity index (χ4n) is 6.52. The summed E-state index contributed by atoms with van der Waals surface area (Å²) < 4.78 is 2.22. The van der Waals surface area contributed by atoms with Crippen molar-refractivity contribution in [2.24, 2.45) is 0 Å². The Kier molecular flexibility index (Phi) is 3.11. The average molecular weight is 447 g/mol. The van der Waals surface area contributed by atoms with E-state index in [1.165, 1.54) is 60.7 Å². The van der Waals surface area contributed by atoms with E-state index in [4.69, 9.17) is 4.98 Å². The SMILES string of the molecule is c1ccc2c(c1)Cc1ccc3c(c1-2)Cc1cc2c(cc1-3)c1ccncc1n1c3cnccc3nc21. The van der Waals surface area contributed by atoms with E-state index < -0.39 is 0 Å². The molecule has 2 aliphatic rings. The topological polar surface area (TPSA) is 43.1 Å². The van der Waals surface area contributed by atoms with Gasteiger partial charge in [0.15, 0.2) is 0 Å². The third kappa shape index (κ3) is 2.15. The Labute approximate surface area is 200 Å². The number of imidazole rings is 1. The van der Waals surface area contributed by atoms with Gasteiger partial charge in [-0.1, -0.05) is 36.4 Å². The molecule has 7 aromatic rings. The number of hydrogen-bond acceptors (Lipinski definition) is 3. The Hall–Kier alpha value is -4.57. The molecule has 9 rings (SSSR count). The smallest absolute Gasteiger partial charge is 0.146 e. The number of nitrogens with zero attached hydrogens (tertiary/aromatic N) is 4. The first-order valence-corrected chi connectivity index (χ1v) is 12.0. The van der Waals surface area contributed by atoms with E-state index in [2.05, 4.69) is 69.0 Å². The van der Waals surface area contributed by atoms with Crippen LogP contribution in [0.15, 0.2) is 85.5 Å². The Morgan fingerprint density at radius 3 is 2.49 bits per heavy atom.